The Balaban J connectivity index is 1.47. The van der Waals surface area contributed by atoms with Crippen molar-refractivity contribution >= 4 is 22.2 Å². The summed E-state index contributed by atoms with van der Waals surface area (Å²) in [6.07, 6.45) is -0.0191. The summed E-state index contributed by atoms with van der Waals surface area (Å²) in [5, 5.41) is 2.08. The zero-order valence-corrected chi connectivity index (χ0v) is 16.4. The van der Waals surface area contributed by atoms with E-state index in [-0.39, 0.29) is 30.5 Å². The van der Waals surface area contributed by atoms with E-state index >= 15 is 0 Å². The molecule has 0 radical (unpaired) electrons. The minimum absolute atomic E-state index is 0.0539. The molecule has 0 aromatic carbocycles. The molecule has 3 rings (SSSR count). The van der Waals surface area contributed by atoms with Crippen LogP contribution in [0.3, 0.4) is 0 Å². The number of alkyl carbamates (subject to hydrolysis) is 1. The molecule has 2 saturated carbocycles. The number of carbonyl (C=O) groups excluding carboxylic acids is 2. The van der Waals surface area contributed by atoms with Crippen LogP contribution in [-0.2, 0) is 28.6 Å². The first-order chi connectivity index (χ1) is 12.0. The minimum Gasteiger partial charge on any atom is -0.463 e. The van der Waals surface area contributed by atoms with E-state index in [0.717, 1.165) is 0 Å². The summed E-state index contributed by atoms with van der Waals surface area (Å²) in [5.74, 6) is -0.411. The minimum atomic E-state index is -3.55. The zero-order valence-electron chi connectivity index (χ0n) is 15.6. The highest BCUT2D eigenvalue weighted by Gasteiger charge is 2.70. The zero-order chi connectivity index (χ0) is 19.3. The van der Waals surface area contributed by atoms with Crippen LogP contribution in [0.25, 0.3) is 0 Å². The monoisotopic (exact) mass is 389 g/mol. The van der Waals surface area contributed by atoms with Crippen LogP contribution in [0.2, 0.25) is 0 Å². The molecule has 1 amide bonds. The summed E-state index contributed by atoms with van der Waals surface area (Å²) < 4.78 is 39.9. The van der Waals surface area contributed by atoms with Gasteiger partial charge in [-0.3, -0.25) is 8.98 Å². The maximum Gasteiger partial charge on any atom is 0.407 e. The van der Waals surface area contributed by atoms with E-state index in [1.807, 2.05) is 13.8 Å². The van der Waals surface area contributed by atoms with E-state index in [9.17, 15) is 18.0 Å². The smallest absolute Gasteiger partial charge is 0.407 e. The number of ether oxygens (including phenoxy) is 2. The van der Waals surface area contributed by atoms with E-state index in [1.54, 1.807) is 13.8 Å². The summed E-state index contributed by atoms with van der Waals surface area (Å²) in [6, 6.07) is 0. The fourth-order valence-electron chi connectivity index (χ4n) is 4.21. The molecule has 0 aromatic rings. The summed E-state index contributed by atoms with van der Waals surface area (Å²) >= 11 is 0. The normalized spacial score (nSPS) is 36.8. The van der Waals surface area contributed by atoms with Crippen LogP contribution in [0, 0.1) is 16.7 Å². The lowest BCUT2D eigenvalue weighted by atomic mass is 9.82. The molecule has 2 bridgehead atoms. The van der Waals surface area contributed by atoms with Gasteiger partial charge in [0.25, 0.3) is 10.1 Å². The topological polar surface area (TPSA) is 108 Å². The average molecular weight is 389 g/mol. The predicted octanol–water partition coefficient (Wildman–Crippen LogP) is 1.59. The summed E-state index contributed by atoms with van der Waals surface area (Å²) in [6.45, 7) is 7.63. The molecule has 26 heavy (non-hydrogen) atoms. The van der Waals surface area contributed by atoms with E-state index in [4.69, 9.17) is 13.7 Å². The van der Waals surface area contributed by atoms with Crippen LogP contribution < -0.4 is 5.32 Å². The standard InChI is InChI=1S/C17H27NO7S/c1-5-16(2,3)14(19)23-7-6-18-15(20)24-13-12-10-8-17(13,4)9-11(10)26(21,22)25-12/h10-13H,5-9H2,1-4H3,(H,18,20). The van der Waals surface area contributed by atoms with Crippen molar-refractivity contribution in [1.82, 2.24) is 5.32 Å². The van der Waals surface area contributed by atoms with Crippen molar-refractivity contribution in [2.45, 2.75) is 64.4 Å². The maximum atomic E-state index is 12.1. The van der Waals surface area contributed by atoms with Crippen molar-refractivity contribution in [3.05, 3.63) is 0 Å². The Hall–Kier alpha value is -1.35. The second-order valence-corrected chi connectivity index (χ2v) is 10.2. The van der Waals surface area contributed by atoms with Gasteiger partial charge in [-0.15, -0.1) is 0 Å². The Kier molecular flexibility index (Phi) is 4.75. The van der Waals surface area contributed by atoms with Gasteiger partial charge in [0, 0.05) is 11.3 Å². The molecule has 1 aliphatic heterocycles. The number of rotatable bonds is 6. The first-order valence-corrected chi connectivity index (χ1v) is 10.5. The fraction of sp³-hybridized carbons (Fsp3) is 0.882. The van der Waals surface area contributed by atoms with Crippen LogP contribution in [0.15, 0.2) is 0 Å². The molecule has 3 fully saturated rings. The quantitative estimate of drug-likeness (QED) is 0.417. The summed E-state index contributed by atoms with van der Waals surface area (Å²) in [4.78, 5) is 23.9. The van der Waals surface area contributed by atoms with Gasteiger partial charge < -0.3 is 14.8 Å². The highest BCUT2D eigenvalue weighted by Crippen LogP contribution is 2.62. The Bertz CT molecular complexity index is 704. The molecule has 0 spiro atoms. The fourth-order valence-corrected chi connectivity index (χ4v) is 6.17. The van der Waals surface area contributed by atoms with Crippen LogP contribution in [-0.4, -0.2) is 51.1 Å². The molecule has 5 unspecified atom stereocenters. The Morgan fingerprint density at radius 1 is 1.31 bits per heavy atom. The lowest BCUT2D eigenvalue weighted by Gasteiger charge is -2.32. The number of hydrogen-bond donors (Lipinski definition) is 1. The number of nitrogens with one attached hydrogen (secondary N) is 1. The third-order valence-corrected chi connectivity index (χ3v) is 7.89. The molecule has 1 N–H and O–H groups in total. The molecule has 148 valence electrons. The van der Waals surface area contributed by atoms with Crippen molar-refractivity contribution in [2.75, 3.05) is 13.2 Å². The van der Waals surface area contributed by atoms with Gasteiger partial charge in [0.2, 0.25) is 0 Å². The van der Waals surface area contributed by atoms with Crippen LogP contribution in [0.4, 0.5) is 4.79 Å². The molecule has 3 aliphatic rings. The average Bonchev–Trinajstić information content (AvgIpc) is 3.10. The van der Waals surface area contributed by atoms with Gasteiger partial charge in [0.05, 0.1) is 17.2 Å². The van der Waals surface area contributed by atoms with Crippen LogP contribution in [0.5, 0.6) is 0 Å². The van der Waals surface area contributed by atoms with Crippen molar-refractivity contribution in [3.63, 3.8) is 0 Å². The SMILES string of the molecule is CCC(C)(C)C(=O)OCCNC(=O)OC1C2OS(=O)(=O)C3CC1(C)CC23. The first kappa shape index (κ1) is 19.4. The van der Waals surface area contributed by atoms with E-state index in [2.05, 4.69) is 5.32 Å². The van der Waals surface area contributed by atoms with E-state index in [0.29, 0.717) is 19.3 Å². The molecular formula is C17H27NO7S. The third-order valence-electron chi connectivity index (χ3n) is 6.15. The Labute approximate surface area is 154 Å². The highest BCUT2D eigenvalue weighted by molar-refractivity contribution is 7.87. The first-order valence-electron chi connectivity index (χ1n) is 9.04. The second kappa shape index (κ2) is 6.37. The molecule has 5 atom stereocenters. The number of esters is 1. The second-order valence-electron chi connectivity index (χ2n) is 8.44. The third kappa shape index (κ3) is 3.19. The molecule has 0 aromatic heterocycles. The molecular weight excluding hydrogens is 362 g/mol. The largest absolute Gasteiger partial charge is 0.463 e. The summed E-state index contributed by atoms with van der Waals surface area (Å²) in [5.41, 5.74) is -0.932. The van der Waals surface area contributed by atoms with E-state index < -0.39 is 39.1 Å². The number of carbonyl (C=O) groups is 2. The maximum absolute atomic E-state index is 12.1. The predicted molar refractivity (Wildman–Crippen MR) is 91.7 cm³/mol. The van der Waals surface area contributed by atoms with Gasteiger partial charge in [-0.25, -0.2) is 4.79 Å². The highest BCUT2D eigenvalue weighted by atomic mass is 32.2. The van der Waals surface area contributed by atoms with Crippen molar-refractivity contribution in [1.29, 1.82) is 0 Å². The molecule has 8 nitrogen and oxygen atoms in total. The van der Waals surface area contributed by atoms with Crippen LogP contribution >= 0.6 is 0 Å². The van der Waals surface area contributed by atoms with Gasteiger partial charge in [-0.05, 0) is 33.1 Å². The van der Waals surface area contributed by atoms with Crippen LogP contribution in [0.1, 0.15) is 47.0 Å². The number of fused-ring (bicyclic) bond motifs is 1. The number of amides is 1. The lowest BCUT2D eigenvalue weighted by molar-refractivity contribution is -0.153. The van der Waals surface area contributed by atoms with Crippen molar-refractivity contribution in [3.8, 4) is 0 Å². The number of hydrogen-bond acceptors (Lipinski definition) is 7. The Morgan fingerprint density at radius 2 is 2.00 bits per heavy atom. The van der Waals surface area contributed by atoms with Gasteiger partial charge >= 0.3 is 12.1 Å². The molecule has 2 aliphatic carbocycles. The van der Waals surface area contributed by atoms with E-state index in [1.165, 1.54) is 0 Å². The molecule has 1 saturated heterocycles. The molecule has 9 heteroatoms. The van der Waals surface area contributed by atoms with Gasteiger partial charge in [0.1, 0.15) is 18.8 Å². The summed E-state index contributed by atoms with van der Waals surface area (Å²) in [7, 11) is -3.55. The lowest BCUT2D eigenvalue weighted by Crippen LogP contribution is -2.44. The van der Waals surface area contributed by atoms with Gasteiger partial charge in [-0.2, -0.15) is 8.42 Å². The van der Waals surface area contributed by atoms with Gasteiger partial charge in [-0.1, -0.05) is 13.8 Å². The molecule has 1 heterocycles. The Morgan fingerprint density at radius 3 is 2.65 bits per heavy atom. The van der Waals surface area contributed by atoms with Gasteiger partial charge in [0.15, 0.2) is 0 Å². The van der Waals surface area contributed by atoms with Crippen molar-refractivity contribution < 1.29 is 31.7 Å². The van der Waals surface area contributed by atoms with Crippen molar-refractivity contribution in [2.24, 2.45) is 16.7 Å².